The largest absolute Gasteiger partial charge is 0.385 e. The number of nitrogens with zero attached hydrogens (tertiary/aromatic N) is 1. The maximum Gasteiger partial charge on any atom is 0.0548 e. The molecular formula is C32H56N4. The first-order chi connectivity index (χ1) is 17.3. The van der Waals surface area contributed by atoms with Gasteiger partial charge >= 0.3 is 0 Å². The van der Waals surface area contributed by atoms with Crippen LogP contribution in [0.3, 0.4) is 0 Å². The number of nitrogens with one attached hydrogen (secondary N) is 3. The van der Waals surface area contributed by atoms with Gasteiger partial charge in [-0.15, -0.1) is 0 Å². The van der Waals surface area contributed by atoms with Gasteiger partial charge in [0.1, 0.15) is 0 Å². The second-order valence-corrected chi connectivity index (χ2v) is 13.5. The highest BCUT2D eigenvalue weighted by Gasteiger charge is 2.47. The Labute approximate surface area is 222 Å². The van der Waals surface area contributed by atoms with Gasteiger partial charge in [0, 0.05) is 54.0 Å². The molecule has 0 saturated carbocycles. The van der Waals surface area contributed by atoms with Crippen molar-refractivity contribution in [3.05, 3.63) is 11.8 Å². The van der Waals surface area contributed by atoms with Crippen LogP contribution in [0.25, 0.3) is 0 Å². The maximum absolute atomic E-state index is 5.55. The molecular weight excluding hydrogens is 440 g/mol. The van der Waals surface area contributed by atoms with Crippen LogP contribution < -0.4 is 16.0 Å². The number of hydrogen-bond acceptors (Lipinski definition) is 4. The molecule has 0 aliphatic carbocycles. The van der Waals surface area contributed by atoms with E-state index >= 15 is 0 Å². The van der Waals surface area contributed by atoms with Crippen molar-refractivity contribution >= 4 is 5.71 Å². The lowest BCUT2D eigenvalue weighted by Crippen LogP contribution is -2.41. The van der Waals surface area contributed by atoms with Crippen molar-refractivity contribution in [2.75, 3.05) is 0 Å². The van der Waals surface area contributed by atoms with E-state index in [1.165, 1.54) is 49.9 Å². The molecule has 14 atom stereocenters. The van der Waals surface area contributed by atoms with Crippen molar-refractivity contribution in [2.24, 2.45) is 52.3 Å². The average molecular weight is 497 g/mol. The van der Waals surface area contributed by atoms with Crippen molar-refractivity contribution in [3.8, 4) is 0 Å². The van der Waals surface area contributed by atoms with Gasteiger partial charge in [-0.05, 0) is 66.8 Å². The van der Waals surface area contributed by atoms with E-state index < -0.39 is 0 Å². The van der Waals surface area contributed by atoms with Gasteiger partial charge in [0.2, 0.25) is 0 Å². The van der Waals surface area contributed by atoms with Gasteiger partial charge in [0.15, 0.2) is 0 Å². The maximum atomic E-state index is 5.55. The van der Waals surface area contributed by atoms with Crippen LogP contribution in [0.2, 0.25) is 0 Å². The van der Waals surface area contributed by atoms with Crippen LogP contribution >= 0.6 is 0 Å². The normalized spacial score (nSPS) is 52.1. The van der Waals surface area contributed by atoms with Crippen LogP contribution in [0, 0.1) is 47.3 Å². The molecule has 0 spiro atoms. The van der Waals surface area contributed by atoms with E-state index in [-0.39, 0.29) is 0 Å². The summed E-state index contributed by atoms with van der Waals surface area (Å²) in [6.45, 7) is 19.7. The quantitative estimate of drug-likeness (QED) is 0.436. The van der Waals surface area contributed by atoms with Gasteiger partial charge in [0.25, 0.3) is 0 Å². The molecule has 5 heterocycles. The molecule has 5 aliphatic rings. The third-order valence-corrected chi connectivity index (χ3v) is 12.1. The molecule has 0 aromatic rings. The molecule has 5 aliphatic heterocycles. The number of rotatable bonds is 4. The highest BCUT2D eigenvalue weighted by molar-refractivity contribution is 5.89. The third-order valence-electron chi connectivity index (χ3n) is 12.1. The van der Waals surface area contributed by atoms with Crippen LogP contribution in [-0.2, 0) is 0 Å². The molecule has 0 aromatic carbocycles. The van der Waals surface area contributed by atoms with Gasteiger partial charge in [0.05, 0.1) is 6.04 Å². The van der Waals surface area contributed by atoms with Crippen LogP contribution in [0.15, 0.2) is 16.8 Å². The van der Waals surface area contributed by atoms with Crippen LogP contribution in [-0.4, -0.2) is 42.0 Å². The first kappa shape index (κ1) is 26.7. The summed E-state index contributed by atoms with van der Waals surface area (Å²) in [5.74, 6) is 5.62. The van der Waals surface area contributed by atoms with Gasteiger partial charge in [-0.3, -0.25) is 4.99 Å². The number of allylic oxidation sites excluding steroid dienone is 1. The van der Waals surface area contributed by atoms with Crippen LogP contribution in [0.4, 0.5) is 0 Å². The highest BCUT2D eigenvalue weighted by atomic mass is 15.1. The van der Waals surface area contributed by atoms with E-state index in [1.54, 1.807) is 0 Å². The fourth-order valence-electron chi connectivity index (χ4n) is 9.69. The topological polar surface area (TPSA) is 48.5 Å². The molecule has 3 N–H and O–H groups in total. The molecule has 0 radical (unpaired) electrons. The molecule has 0 aromatic heterocycles. The third kappa shape index (κ3) is 4.51. The highest BCUT2D eigenvalue weighted by Crippen LogP contribution is 2.43. The Morgan fingerprint density at radius 1 is 0.722 bits per heavy atom. The lowest BCUT2D eigenvalue weighted by atomic mass is 9.78. The lowest BCUT2D eigenvalue weighted by Gasteiger charge is -2.27. The lowest BCUT2D eigenvalue weighted by molar-refractivity contribution is 0.288. The molecule has 8 bridgehead atoms. The van der Waals surface area contributed by atoms with Crippen molar-refractivity contribution in [1.29, 1.82) is 0 Å². The van der Waals surface area contributed by atoms with Crippen LogP contribution in [0.1, 0.15) is 100 Å². The molecule has 0 amide bonds. The Hall–Kier alpha value is -0.870. The van der Waals surface area contributed by atoms with Gasteiger partial charge < -0.3 is 16.0 Å². The molecule has 5 rings (SSSR count). The summed E-state index contributed by atoms with van der Waals surface area (Å²) < 4.78 is 0. The first-order valence-corrected chi connectivity index (χ1v) is 15.9. The van der Waals surface area contributed by atoms with Crippen molar-refractivity contribution in [3.63, 3.8) is 0 Å². The minimum Gasteiger partial charge on any atom is -0.385 e. The molecule has 3 saturated heterocycles. The first-order valence-electron chi connectivity index (χ1n) is 15.9. The zero-order valence-electron chi connectivity index (χ0n) is 24.6. The molecule has 4 heteroatoms. The predicted octanol–water partition coefficient (Wildman–Crippen LogP) is 6.18. The van der Waals surface area contributed by atoms with E-state index in [4.69, 9.17) is 4.99 Å². The zero-order chi connectivity index (χ0) is 25.7. The monoisotopic (exact) mass is 496 g/mol. The Bertz CT molecular complexity index is 834. The Balaban J connectivity index is 1.51. The molecule has 3 fully saturated rings. The van der Waals surface area contributed by atoms with Gasteiger partial charge in [-0.25, -0.2) is 0 Å². The summed E-state index contributed by atoms with van der Waals surface area (Å²) >= 11 is 0. The van der Waals surface area contributed by atoms with Gasteiger partial charge in [-0.2, -0.15) is 0 Å². The van der Waals surface area contributed by atoms with E-state index in [0.717, 1.165) is 30.1 Å². The number of hydrogen-bond donors (Lipinski definition) is 3. The zero-order valence-corrected chi connectivity index (χ0v) is 24.6. The van der Waals surface area contributed by atoms with Gasteiger partial charge in [-0.1, -0.05) is 74.7 Å². The average Bonchev–Trinajstić information content (AvgIpc) is 3.51. The second-order valence-electron chi connectivity index (χ2n) is 13.5. The minimum atomic E-state index is 0.497. The van der Waals surface area contributed by atoms with Crippen molar-refractivity contribution in [2.45, 2.75) is 137 Å². The Morgan fingerprint density at radius 3 is 2.06 bits per heavy atom. The standard InChI is InChI=1S/C32H56N4/c1-9-21-17(5)25-13-26-19(7)23(11-3)31(35-26)16-32-24(12-4)20(8)28(36-32)14-27-18(6)22(10-2)30(34-27)15-29(21)33-25/h15,17-27,29,31-35H,9-14,16H2,1-8H3/b30-15-. The van der Waals surface area contributed by atoms with E-state index in [0.29, 0.717) is 59.9 Å². The summed E-state index contributed by atoms with van der Waals surface area (Å²) in [7, 11) is 0. The predicted molar refractivity (Wildman–Crippen MR) is 153 cm³/mol. The fraction of sp³-hybridized carbons (Fsp3) is 0.906. The number of fused-ring (bicyclic) bond motifs is 7. The number of aliphatic imine (C=N–C) groups is 1. The second kappa shape index (κ2) is 10.7. The summed E-state index contributed by atoms with van der Waals surface area (Å²) in [5, 5.41) is 12.5. The molecule has 36 heavy (non-hydrogen) atoms. The smallest absolute Gasteiger partial charge is 0.0548 e. The molecule has 4 nitrogen and oxygen atoms in total. The fourth-order valence-corrected chi connectivity index (χ4v) is 9.69. The van der Waals surface area contributed by atoms with Crippen molar-refractivity contribution < 1.29 is 0 Å². The van der Waals surface area contributed by atoms with E-state index in [9.17, 15) is 0 Å². The molecule has 204 valence electrons. The van der Waals surface area contributed by atoms with E-state index in [2.05, 4.69) is 77.4 Å². The van der Waals surface area contributed by atoms with Crippen LogP contribution in [0.5, 0.6) is 0 Å². The summed E-state index contributed by atoms with van der Waals surface area (Å²) in [6, 6.07) is 3.37. The van der Waals surface area contributed by atoms with Crippen molar-refractivity contribution in [1.82, 2.24) is 16.0 Å². The minimum absolute atomic E-state index is 0.497. The summed E-state index contributed by atoms with van der Waals surface area (Å²) in [4.78, 5) is 5.55. The Morgan fingerprint density at radius 2 is 1.39 bits per heavy atom. The van der Waals surface area contributed by atoms with E-state index in [1.807, 2.05) is 0 Å². The SMILES string of the molecule is CCC1/C2=C/C3NC(CC4NC(CC5N=C(CC(N2)C1C)C(C)C5CC)C(CC)C4C)C(C)C3CC. The summed E-state index contributed by atoms with van der Waals surface area (Å²) in [5.41, 5.74) is 3.04. The summed E-state index contributed by atoms with van der Waals surface area (Å²) in [6.07, 6.45) is 11.3. The Kier molecular flexibility index (Phi) is 7.95. The molecule has 14 unspecified atom stereocenters.